The summed E-state index contributed by atoms with van der Waals surface area (Å²) in [4.78, 5) is 22.7. The number of nitrogens with one attached hydrogen (secondary N) is 2. The molecular weight excluding hydrogens is 290 g/mol. The monoisotopic (exact) mass is 313 g/mol. The van der Waals surface area contributed by atoms with Crippen LogP contribution < -0.4 is 10.6 Å². The molecule has 1 aromatic heterocycles. The van der Waals surface area contributed by atoms with Gasteiger partial charge in [0.15, 0.2) is 0 Å². The zero-order chi connectivity index (χ0) is 16.5. The van der Waals surface area contributed by atoms with E-state index in [0.29, 0.717) is 18.2 Å². The topological polar surface area (TPSA) is 70.2 Å². The molecule has 0 aliphatic rings. The number of hydrogen-bond acceptors (Lipinski definition) is 5. The fourth-order valence-corrected chi connectivity index (χ4v) is 2.03. The van der Waals surface area contributed by atoms with Crippen LogP contribution in [-0.4, -0.2) is 48.0 Å². The molecule has 0 atom stereocenters. The van der Waals surface area contributed by atoms with E-state index in [9.17, 15) is 4.79 Å². The van der Waals surface area contributed by atoms with Crippen LogP contribution >= 0.6 is 0 Å². The van der Waals surface area contributed by atoms with Crippen LogP contribution in [0.4, 0.5) is 5.95 Å². The van der Waals surface area contributed by atoms with Crippen molar-refractivity contribution in [2.75, 3.05) is 32.5 Å². The molecule has 2 aromatic rings. The van der Waals surface area contributed by atoms with Crippen LogP contribution in [0.3, 0.4) is 0 Å². The lowest BCUT2D eigenvalue weighted by molar-refractivity contribution is 0.0946. The van der Waals surface area contributed by atoms with E-state index >= 15 is 0 Å². The predicted molar refractivity (Wildman–Crippen MR) is 91.3 cm³/mol. The standard InChI is InChI=1S/C17H23N5O/c1-22(2)12-6-10-18-17-19-11-9-15(21-17)16(23)20-13-14-7-4-3-5-8-14/h3-5,7-9,11H,6,10,12-13H2,1-2H3,(H,20,23)(H,18,19,21). The zero-order valence-corrected chi connectivity index (χ0v) is 13.6. The van der Waals surface area contributed by atoms with Crippen molar-refractivity contribution in [1.82, 2.24) is 20.2 Å². The summed E-state index contributed by atoms with van der Waals surface area (Å²) in [7, 11) is 4.07. The summed E-state index contributed by atoms with van der Waals surface area (Å²) in [6.45, 7) is 2.24. The predicted octanol–water partition coefficient (Wildman–Crippen LogP) is 1.77. The maximum Gasteiger partial charge on any atom is 0.270 e. The van der Waals surface area contributed by atoms with E-state index in [0.717, 1.165) is 25.1 Å². The largest absolute Gasteiger partial charge is 0.354 e. The van der Waals surface area contributed by atoms with Crippen molar-refractivity contribution < 1.29 is 4.79 Å². The third-order valence-corrected chi connectivity index (χ3v) is 3.25. The second-order valence-electron chi connectivity index (χ2n) is 5.52. The van der Waals surface area contributed by atoms with Crippen LogP contribution in [0.5, 0.6) is 0 Å². The van der Waals surface area contributed by atoms with Gasteiger partial charge in [-0.1, -0.05) is 30.3 Å². The van der Waals surface area contributed by atoms with Gasteiger partial charge in [-0.05, 0) is 38.7 Å². The molecule has 1 aromatic carbocycles. The van der Waals surface area contributed by atoms with Gasteiger partial charge < -0.3 is 15.5 Å². The van der Waals surface area contributed by atoms with Crippen LogP contribution in [0, 0.1) is 0 Å². The van der Waals surface area contributed by atoms with Gasteiger partial charge in [0.05, 0.1) is 0 Å². The Morgan fingerprint density at radius 1 is 1.17 bits per heavy atom. The molecule has 23 heavy (non-hydrogen) atoms. The first-order valence-electron chi connectivity index (χ1n) is 7.69. The number of benzene rings is 1. The molecule has 0 unspecified atom stereocenters. The quantitative estimate of drug-likeness (QED) is 0.727. The molecule has 0 aliphatic carbocycles. The van der Waals surface area contributed by atoms with Crippen LogP contribution in [-0.2, 0) is 6.54 Å². The number of anilines is 1. The van der Waals surface area contributed by atoms with Crippen molar-refractivity contribution in [1.29, 1.82) is 0 Å². The van der Waals surface area contributed by atoms with Crippen LogP contribution in [0.1, 0.15) is 22.5 Å². The Morgan fingerprint density at radius 3 is 2.70 bits per heavy atom. The molecule has 0 saturated carbocycles. The second-order valence-corrected chi connectivity index (χ2v) is 5.52. The lowest BCUT2D eigenvalue weighted by Crippen LogP contribution is -2.24. The summed E-state index contributed by atoms with van der Waals surface area (Å²) in [6, 6.07) is 11.4. The van der Waals surface area contributed by atoms with Crippen molar-refractivity contribution in [3.8, 4) is 0 Å². The Kier molecular flexibility index (Phi) is 6.50. The number of amides is 1. The van der Waals surface area contributed by atoms with Gasteiger partial charge in [-0.25, -0.2) is 9.97 Å². The Balaban J connectivity index is 1.84. The van der Waals surface area contributed by atoms with E-state index in [1.165, 1.54) is 0 Å². The third kappa shape index (κ3) is 6.04. The van der Waals surface area contributed by atoms with Crippen molar-refractivity contribution in [3.05, 3.63) is 53.9 Å². The van der Waals surface area contributed by atoms with E-state index in [4.69, 9.17) is 0 Å². The van der Waals surface area contributed by atoms with E-state index in [-0.39, 0.29) is 5.91 Å². The summed E-state index contributed by atoms with van der Waals surface area (Å²) >= 11 is 0. The van der Waals surface area contributed by atoms with Gasteiger partial charge in [-0.3, -0.25) is 4.79 Å². The average molecular weight is 313 g/mol. The van der Waals surface area contributed by atoms with Gasteiger partial charge in [0.25, 0.3) is 5.91 Å². The Morgan fingerprint density at radius 2 is 1.96 bits per heavy atom. The lowest BCUT2D eigenvalue weighted by atomic mass is 10.2. The summed E-state index contributed by atoms with van der Waals surface area (Å²) in [5.41, 5.74) is 1.42. The highest BCUT2D eigenvalue weighted by Crippen LogP contribution is 2.02. The van der Waals surface area contributed by atoms with Crippen LogP contribution in [0.25, 0.3) is 0 Å². The first kappa shape index (κ1) is 16.9. The summed E-state index contributed by atoms with van der Waals surface area (Å²) in [5.74, 6) is 0.281. The molecule has 6 nitrogen and oxygen atoms in total. The van der Waals surface area contributed by atoms with E-state index in [1.54, 1.807) is 12.3 Å². The molecule has 0 aliphatic heterocycles. The van der Waals surface area contributed by atoms with Crippen molar-refractivity contribution in [2.45, 2.75) is 13.0 Å². The molecule has 1 heterocycles. The lowest BCUT2D eigenvalue weighted by Gasteiger charge is -2.10. The molecule has 2 N–H and O–H groups in total. The molecule has 6 heteroatoms. The van der Waals surface area contributed by atoms with Crippen LogP contribution in [0.15, 0.2) is 42.6 Å². The second kappa shape index (κ2) is 8.85. The molecule has 0 bridgehead atoms. The third-order valence-electron chi connectivity index (χ3n) is 3.25. The fraction of sp³-hybridized carbons (Fsp3) is 0.353. The minimum atomic E-state index is -0.201. The van der Waals surface area contributed by atoms with Gasteiger partial charge in [-0.2, -0.15) is 0 Å². The van der Waals surface area contributed by atoms with Crippen molar-refractivity contribution in [3.63, 3.8) is 0 Å². The van der Waals surface area contributed by atoms with E-state index in [2.05, 4.69) is 25.5 Å². The summed E-state index contributed by atoms with van der Waals surface area (Å²) < 4.78 is 0. The SMILES string of the molecule is CN(C)CCCNc1nccc(C(=O)NCc2ccccc2)n1. The maximum absolute atomic E-state index is 12.2. The van der Waals surface area contributed by atoms with Crippen molar-refractivity contribution >= 4 is 11.9 Å². The summed E-state index contributed by atoms with van der Waals surface area (Å²) in [6.07, 6.45) is 2.58. The minimum absolute atomic E-state index is 0.201. The highest BCUT2D eigenvalue weighted by Gasteiger charge is 2.08. The molecular formula is C17H23N5O. The number of aromatic nitrogens is 2. The Bertz CT molecular complexity index is 615. The van der Waals surface area contributed by atoms with Gasteiger partial charge in [0.1, 0.15) is 5.69 Å². The highest BCUT2D eigenvalue weighted by atomic mass is 16.1. The van der Waals surface area contributed by atoms with E-state index < -0.39 is 0 Å². The maximum atomic E-state index is 12.2. The normalized spacial score (nSPS) is 10.6. The molecule has 0 saturated heterocycles. The number of hydrogen-bond donors (Lipinski definition) is 2. The van der Waals surface area contributed by atoms with Gasteiger partial charge >= 0.3 is 0 Å². The van der Waals surface area contributed by atoms with Gasteiger partial charge in [-0.15, -0.1) is 0 Å². The minimum Gasteiger partial charge on any atom is -0.354 e. The van der Waals surface area contributed by atoms with Gasteiger partial charge in [0.2, 0.25) is 5.95 Å². The summed E-state index contributed by atoms with van der Waals surface area (Å²) in [5, 5.41) is 6.00. The van der Waals surface area contributed by atoms with E-state index in [1.807, 2.05) is 44.4 Å². The van der Waals surface area contributed by atoms with Gasteiger partial charge in [0, 0.05) is 19.3 Å². The zero-order valence-electron chi connectivity index (χ0n) is 13.6. The molecule has 0 fully saturated rings. The number of rotatable bonds is 8. The Hall–Kier alpha value is -2.47. The fourth-order valence-electron chi connectivity index (χ4n) is 2.03. The first-order valence-corrected chi connectivity index (χ1v) is 7.69. The highest BCUT2D eigenvalue weighted by molar-refractivity contribution is 5.92. The Labute approximate surface area is 137 Å². The molecule has 1 amide bonds. The molecule has 122 valence electrons. The number of carbonyl (C=O) groups is 1. The van der Waals surface area contributed by atoms with Crippen LogP contribution in [0.2, 0.25) is 0 Å². The number of carbonyl (C=O) groups excluding carboxylic acids is 1. The molecule has 0 spiro atoms. The van der Waals surface area contributed by atoms with Crippen molar-refractivity contribution in [2.24, 2.45) is 0 Å². The molecule has 2 rings (SSSR count). The number of nitrogens with zero attached hydrogens (tertiary/aromatic N) is 3. The smallest absolute Gasteiger partial charge is 0.270 e. The molecule has 0 radical (unpaired) electrons. The first-order chi connectivity index (χ1) is 11.1. The average Bonchev–Trinajstić information content (AvgIpc) is 2.57.